The lowest BCUT2D eigenvalue weighted by Gasteiger charge is -2.09. The average molecular weight is 325 g/mol. The molecule has 0 aliphatic rings. The molecular weight excluding hydrogens is 312 g/mol. The lowest BCUT2D eigenvalue weighted by Crippen LogP contribution is -2.10. The standard InChI is InChI=1S/C18H13ClN2O2/c1-12-7-9-14(10-8-12)18(22)23-15-11-16(19)20-21-17(15)13-5-3-2-4-6-13/h2-11H,1H3. The molecule has 23 heavy (non-hydrogen) atoms. The number of hydrogen-bond acceptors (Lipinski definition) is 4. The summed E-state index contributed by atoms with van der Waals surface area (Å²) >= 11 is 5.89. The molecule has 0 aliphatic carbocycles. The Bertz CT molecular complexity index is 833. The molecule has 0 atom stereocenters. The molecule has 3 rings (SSSR count). The number of rotatable bonds is 3. The average Bonchev–Trinajstić information content (AvgIpc) is 2.56. The summed E-state index contributed by atoms with van der Waals surface area (Å²) in [7, 11) is 0. The molecule has 1 aromatic heterocycles. The second-order valence-electron chi connectivity index (χ2n) is 5.00. The van der Waals surface area contributed by atoms with E-state index >= 15 is 0 Å². The van der Waals surface area contributed by atoms with Crippen LogP contribution in [0, 0.1) is 6.92 Å². The summed E-state index contributed by atoms with van der Waals surface area (Å²) in [4.78, 5) is 12.3. The summed E-state index contributed by atoms with van der Waals surface area (Å²) < 4.78 is 5.48. The van der Waals surface area contributed by atoms with Crippen molar-refractivity contribution in [1.29, 1.82) is 0 Å². The molecule has 0 unspecified atom stereocenters. The SMILES string of the molecule is Cc1ccc(C(=O)Oc2cc(Cl)nnc2-c2ccccc2)cc1. The molecule has 2 aromatic carbocycles. The van der Waals surface area contributed by atoms with Crippen LogP contribution in [-0.4, -0.2) is 16.2 Å². The Hall–Kier alpha value is -2.72. The van der Waals surface area contributed by atoms with Crippen LogP contribution in [0.2, 0.25) is 5.15 Å². The summed E-state index contributed by atoms with van der Waals surface area (Å²) in [6, 6.07) is 18.0. The van der Waals surface area contributed by atoms with Crippen LogP contribution in [0.1, 0.15) is 15.9 Å². The summed E-state index contributed by atoms with van der Waals surface area (Å²) in [5.74, 6) is -0.187. The summed E-state index contributed by atoms with van der Waals surface area (Å²) in [6.07, 6.45) is 0. The van der Waals surface area contributed by atoms with Crippen LogP contribution in [-0.2, 0) is 0 Å². The Morgan fingerprint density at radius 2 is 1.70 bits per heavy atom. The van der Waals surface area contributed by atoms with Gasteiger partial charge in [-0.05, 0) is 19.1 Å². The Balaban J connectivity index is 1.94. The van der Waals surface area contributed by atoms with Gasteiger partial charge in [0.25, 0.3) is 0 Å². The molecule has 1 heterocycles. The minimum atomic E-state index is -0.466. The van der Waals surface area contributed by atoms with Gasteiger partial charge in [0.15, 0.2) is 10.9 Å². The molecule has 0 fully saturated rings. The molecule has 0 radical (unpaired) electrons. The molecule has 4 nitrogen and oxygen atoms in total. The Labute approximate surface area is 138 Å². The maximum atomic E-state index is 12.3. The highest BCUT2D eigenvalue weighted by Gasteiger charge is 2.15. The number of nitrogens with zero attached hydrogens (tertiary/aromatic N) is 2. The smallest absolute Gasteiger partial charge is 0.343 e. The molecule has 0 bridgehead atoms. The zero-order valence-electron chi connectivity index (χ0n) is 12.4. The molecule has 5 heteroatoms. The highest BCUT2D eigenvalue weighted by Crippen LogP contribution is 2.29. The van der Waals surface area contributed by atoms with Gasteiger partial charge in [0.1, 0.15) is 5.69 Å². The maximum absolute atomic E-state index is 12.3. The fourth-order valence-corrected chi connectivity index (χ4v) is 2.21. The molecule has 0 saturated carbocycles. The van der Waals surface area contributed by atoms with Crippen LogP contribution >= 0.6 is 11.6 Å². The van der Waals surface area contributed by atoms with E-state index in [1.807, 2.05) is 49.4 Å². The van der Waals surface area contributed by atoms with Gasteiger partial charge in [-0.15, -0.1) is 10.2 Å². The van der Waals surface area contributed by atoms with Crippen molar-refractivity contribution < 1.29 is 9.53 Å². The zero-order valence-corrected chi connectivity index (χ0v) is 13.1. The van der Waals surface area contributed by atoms with Gasteiger partial charge < -0.3 is 4.74 Å². The fraction of sp³-hybridized carbons (Fsp3) is 0.0556. The summed E-state index contributed by atoms with van der Waals surface area (Å²) in [6.45, 7) is 1.95. The van der Waals surface area contributed by atoms with E-state index in [-0.39, 0.29) is 10.9 Å². The van der Waals surface area contributed by atoms with Gasteiger partial charge in [0.05, 0.1) is 5.56 Å². The number of aryl methyl sites for hydroxylation is 1. The lowest BCUT2D eigenvalue weighted by molar-refractivity contribution is 0.0735. The second kappa shape index (κ2) is 6.58. The third-order valence-corrected chi connectivity index (χ3v) is 3.45. The number of aromatic nitrogens is 2. The normalized spacial score (nSPS) is 10.3. The molecule has 0 spiro atoms. The molecule has 3 aromatic rings. The van der Waals surface area contributed by atoms with Crippen LogP contribution in [0.25, 0.3) is 11.3 Å². The summed E-state index contributed by atoms with van der Waals surface area (Å²) in [5, 5.41) is 8.05. The van der Waals surface area contributed by atoms with E-state index in [9.17, 15) is 4.79 Å². The van der Waals surface area contributed by atoms with Crippen LogP contribution in [0.3, 0.4) is 0 Å². The van der Waals surface area contributed by atoms with Gasteiger partial charge >= 0.3 is 5.97 Å². The first-order valence-electron chi connectivity index (χ1n) is 7.01. The number of hydrogen-bond donors (Lipinski definition) is 0. The number of halogens is 1. The van der Waals surface area contributed by atoms with Gasteiger partial charge in [-0.25, -0.2) is 4.79 Å². The lowest BCUT2D eigenvalue weighted by atomic mass is 10.1. The minimum Gasteiger partial charge on any atom is -0.420 e. The quantitative estimate of drug-likeness (QED) is 0.673. The number of carbonyl (C=O) groups excluding carboxylic acids is 1. The highest BCUT2D eigenvalue weighted by atomic mass is 35.5. The van der Waals surface area contributed by atoms with Crippen molar-refractivity contribution in [2.45, 2.75) is 6.92 Å². The van der Waals surface area contributed by atoms with E-state index in [2.05, 4.69) is 10.2 Å². The molecular formula is C18H13ClN2O2. The molecule has 0 saturated heterocycles. The first-order valence-corrected chi connectivity index (χ1v) is 7.39. The topological polar surface area (TPSA) is 52.1 Å². The summed E-state index contributed by atoms with van der Waals surface area (Å²) in [5.41, 5.74) is 2.79. The van der Waals surface area contributed by atoms with Gasteiger partial charge in [-0.3, -0.25) is 0 Å². The molecule has 0 N–H and O–H groups in total. The van der Waals surface area contributed by atoms with Crippen molar-refractivity contribution in [1.82, 2.24) is 10.2 Å². The van der Waals surface area contributed by atoms with E-state index < -0.39 is 5.97 Å². The Kier molecular flexibility index (Phi) is 4.35. The first kappa shape index (κ1) is 15.2. The van der Waals surface area contributed by atoms with Crippen molar-refractivity contribution in [2.24, 2.45) is 0 Å². The van der Waals surface area contributed by atoms with Crippen LogP contribution < -0.4 is 4.74 Å². The predicted molar refractivity (Wildman–Crippen MR) is 88.6 cm³/mol. The van der Waals surface area contributed by atoms with E-state index in [1.165, 1.54) is 6.07 Å². The number of benzene rings is 2. The van der Waals surface area contributed by atoms with Gasteiger partial charge in [-0.2, -0.15) is 0 Å². The van der Waals surface area contributed by atoms with E-state index in [0.717, 1.165) is 11.1 Å². The minimum absolute atomic E-state index is 0.163. The fourth-order valence-electron chi connectivity index (χ4n) is 2.07. The zero-order chi connectivity index (χ0) is 16.2. The maximum Gasteiger partial charge on any atom is 0.343 e. The number of ether oxygens (including phenoxy) is 1. The van der Waals surface area contributed by atoms with Crippen molar-refractivity contribution in [3.05, 3.63) is 76.9 Å². The van der Waals surface area contributed by atoms with Gasteiger partial charge in [0, 0.05) is 11.6 Å². The highest BCUT2D eigenvalue weighted by molar-refractivity contribution is 6.29. The molecule has 0 aliphatic heterocycles. The van der Waals surface area contributed by atoms with E-state index in [4.69, 9.17) is 16.3 Å². The van der Waals surface area contributed by atoms with E-state index in [1.54, 1.807) is 12.1 Å². The third kappa shape index (κ3) is 3.55. The van der Waals surface area contributed by atoms with Crippen molar-refractivity contribution in [2.75, 3.05) is 0 Å². The molecule has 114 valence electrons. The van der Waals surface area contributed by atoms with Gasteiger partial charge in [-0.1, -0.05) is 59.6 Å². The Morgan fingerprint density at radius 3 is 2.39 bits per heavy atom. The van der Waals surface area contributed by atoms with E-state index in [0.29, 0.717) is 11.3 Å². The van der Waals surface area contributed by atoms with Crippen molar-refractivity contribution in [3.8, 4) is 17.0 Å². The van der Waals surface area contributed by atoms with Crippen molar-refractivity contribution >= 4 is 17.6 Å². The van der Waals surface area contributed by atoms with Crippen LogP contribution in [0.15, 0.2) is 60.7 Å². The number of carbonyl (C=O) groups is 1. The first-order chi connectivity index (χ1) is 11.1. The monoisotopic (exact) mass is 324 g/mol. The molecule has 0 amide bonds. The second-order valence-corrected chi connectivity index (χ2v) is 5.39. The predicted octanol–water partition coefficient (Wildman–Crippen LogP) is 4.32. The van der Waals surface area contributed by atoms with Crippen molar-refractivity contribution in [3.63, 3.8) is 0 Å². The van der Waals surface area contributed by atoms with Gasteiger partial charge in [0.2, 0.25) is 0 Å². The van der Waals surface area contributed by atoms with Crippen LogP contribution in [0.4, 0.5) is 0 Å². The number of esters is 1. The Morgan fingerprint density at radius 1 is 1.00 bits per heavy atom. The third-order valence-electron chi connectivity index (χ3n) is 3.27. The largest absolute Gasteiger partial charge is 0.420 e. The van der Waals surface area contributed by atoms with Crippen LogP contribution in [0.5, 0.6) is 5.75 Å².